The van der Waals surface area contributed by atoms with E-state index in [0.717, 1.165) is 25.9 Å². The number of carbonyl (C=O) groups is 1. The fourth-order valence-corrected chi connectivity index (χ4v) is 2.45. The molecule has 1 fully saturated rings. The Hall–Kier alpha value is -1.06. The quantitative estimate of drug-likeness (QED) is 0.888. The van der Waals surface area contributed by atoms with E-state index in [1.165, 1.54) is 16.7 Å². The Morgan fingerprint density at radius 1 is 1.42 bits per heavy atom. The van der Waals surface area contributed by atoms with Gasteiger partial charge in [-0.2, -0.15) is 0 Å². The topological polar surface area (TPSA) is 41.1 Å². The van der Waals surface area contributed by atoms with Crippen molar-refractivity contribution in [3.05, 3.63) is 34.9 Å². The largest absolute Gasteiger partial charge is 0.352 e. The molecule has 1 aliphatic rings. The summed E-state index contributed by atoms with van der Waals surface area (Å²) in [7, 11) is 0. The summed E-state index contributed by atoms with van der Waals surface area (Å²) in [6.07, 6.45) is 2.47. The van der Waals surface area contributed by atoms with E-state index in [4.69, 9.17) is 0 Å². The molecule has 1 saturated heterocycles. The van der Waals surface area contributed by atoms with Crippen molar-refractivity contribution >= 4 is 18.3 Å². The predicted molar refractivity (Wildman–Crippen MR) is 80.9 cm³/mol. The number of aryl methyl sites for hydroxylation is 3. The monoisotopic (exact) mass is 282 g/mol. The molecule has 2 rings (SSSR count). The van der Waals surface area contributed by atoms with Crippen LogP contribution in [-0.2, 0) is 11.2 Å². The zero-order valence-corrected chi connectivity index (χ0v) is 12.5. The summed E-state index contributed by atoms with van der Waals surface area (Å²) >= 11 is 0. The summed E-state index contributed by atoms with van der Waals surface area (Å²) in [4.78, 5) is 11.8. The molecule has 0 spiro atoms. The molecule has 106 valence electrons. The SMILES string of the molecule is Cc1ccc(CCC(=O)NC2CCNC2)c(C)c1.Cl. The Bertz CT molecular complexity index is 428. The van der Waals surface area contributed by atoms with Gasteiger partial charge in [0.1, 0.15) is 0 Å². The molecule has 0 aliphatic carbocycles. The summed E-state index contributed by atoms with van der Waals surface area (Å²) in [5.74, 6) is 0.170. The molecule has 0 aromatic heterocycles. The number of hydrogen-bond donors (Lipinski definition) is 2. The lowest BCUT2D eigenvalue weighted by Crippen LogP contribution is -2.36. The first-order chi connectivity index (χ1) is 8.65. The maximum absolute atomic E-state index is 11.8. The second-order valence-corrected chi connectivity index (χ2v) is 5.19. The molecule has 0 bridgehead atoms. The Balaban J connectivity index is 0.00000180. The minimum absolute atomic E-state index is 0. The normalized spacial score (nSPS) is 17.9. The van der Waals surface area contributed by atoms with Crippen molar-refractivity contribution in [1.29, 1.82) is 0 Å². The van der Waals surface area contributed by atoms with Crippen LogP contribution < -0.4 is 10.6 Å². The van der Waals surface area contributed by atoms with E-state index < -0.39 is 0 Å². The Morgan fingerprint density at radius 2 is 2.21 bits per heavy atom. The van der Waals surface area contributed by atoms with Crippen LogP contribution in [0.25, 0.3) is 0 Å². The summed E-state index contributed by atoms with van der Waals surface area (Å²) < 4.78 is 0. The molecule has 1 aromatic carbocycles. The maximum Gasteiger partial charge on any atom is 0.220 e. The third kappa shape index (κ3) is 4.84. The summed E-state index contributed by atoms with van der Waals surface area (Å²) in [6.45, 7) is 6.13. The molecule has 0 saturated carbocycles. The highest BCUT2D eigenvalue weighted by Crippen LogP contribution is 2.12. The van der Waals surface area contributed by atoms with Crippen LogP contribution in [-0.4, -0.2) is 25.0 Å². The summed E-state index contributed by atoms with van der Waals surface area (Å²) in [6, 6.07) is 6.75. The minimum Gasteiger partial charge on any atom is -0.352 e. The van der Waals surface area contributed by atoms with Crippen molar-refractivity contribution in [3.8, 4) is 0 Å². The van der Waals surface area contributed by atoms with Crippen molar-refractivity contribution in [2.75, 3.05) is 13.1 Å². The predicted octanol–water partition coefficient (Wildman–Crippen LogP) is 2.14. The first kappa shape index (κ1) is 16.0. The van der Waals surface area contributed by atoms with Gasteiger partial charge in [0.2, 0.25) is 5.91 Å². The van der Waals surface area contributed by atoms with E-state index in [1.54, 1.807) is 0 Å². The van der Waals surface area contributed by atoms with Crippen LogP contribution in [0.3, 0.4) is 0 Å². The van der Waals surface area contributed by atoms with Gasteiger partial charge in [0.25, 0.3) is 0 Å². The highest BCUT2D eigenvalue weighted by molar-refractivity contribution is 5.85. The lowest BCUT2D eigenvalue weighted by Gasteiger charge is -2.12. The minimum atomic E-state index is 0. The first-order valence-electron chi connectivity index (χ1n) is 6.71. The van der Waals surface area contributed by atoms with Crippen molar-refractivity contribution in [2.45, 2.75) is 39.2 Å². The molecule has 1 heterocycles. The number of hydrogen-bond acceptors (Lipinski definition) is 2. The fraction of sp³-hybridized carbons (Fsp3) is 0.533. The molecular formula is C15H23ClN2O. The number of halogens is 1. The van der Waals surface area contributed by atoms with Crippen LogP contribution in [0.1, 0.15) is 29.5 Å². The standard InChI is InChI=1S/C15H22N2O.ClH/c1-11-3-4-13(12(2)9-11)5-6-15(18)17-14-7-8-16-10-14;/h3-4,9,14,16H,5-8,10H2,1-2H3,(H,17,18);1H. The Labute approximate surface area is 121 Å². The molecule has 1 unspecified atom stereocenters. The lowest BCUT2D eigenvalue weighted by atomic mass is 10.0. The van der Waals surface area contributed by atoms with Crippen LogP contribution in [0, 0.1) is 13.8 Å². The van der Waals surface area contributed by atoms with Crippen molar-refractivity contribution in [1.82, 2.24) is 10.6 Å². The van der Waals surface area contributed by atoms with Crippen LogP contribution in [0.4, 0.5) is 0 Å². The zero-order chi connectivity index (χ0) is 13.0. The molecular weight excluding hydrogens is 260 g/mol. The molecule has 1 amide bonds. The van der Waals surface area contributed by atoms with Crippen molar-refractivity contribution in [2.24, 2.45) is 0 Å². The van der Waals surface area contributed by atoms with Gasteiger partial charge in [-0.3, -0.25) is 4.79 Å². The zero-order valence-electron chi connectivity index (χ0n) is 11.7. The van der Waals surface area contributed by atoms with Gasteiger partial charge in [0.15, 0.2) is 0 Å². The van der Waals surface area contributed by atoms with E-state index in [9.17, 15) is 4.79 Å². The van der Waals surface area contributed by atoms with Gasteiger partial charge < -0.3 is 10.6 Å². The molecule has 0 radical (unpaired) electrons. The number of rotatable bonds is 4. The second kappa shape index (κ2) is 7.51. The second-order valence-electron chi connectivity index (χ2n) is 5.19. The van der Waals surface area contributed by atoms with E-state index in [0.29, 0.717) is 12.5 Å². The van der Waals surface area contributed by atoms with Gasteiger partial charge in [-0.05, 0) is 44.4 Å². The molecule has 1 aromatic rings. The van der Waals surface area contributed by atoms with E-state index in [1.807, 2.05) is 0 Å². The average molecular weight is 283 g/mol. The van der Waals surface area contributed by atoms with E-state index in [2.05, 4.69) is 42.7 Å². The first-order valence-corrected chi connectivity index (χ1v) is 6.71. The molecule has 4 heteroatoms. The Kier molecular flexibility index (Phi) is 6.32. The van der Waals surface area contributed by atoms with Crippen LogP contribution in [0.5, 0.6) is 0 Å². The van der Waals surface area contributed by atoms with Crippen molar-refractivity contribution < 1.29 is 4.79 Å². The van der Waals surface area contributed by atoms with Crippen molar-refractivity contribution in [3.63, 3.8) is 0 Å². The highest BCUT2D eigenvalue weighted by atomic mass is 35.5. The number of benzene rings is 1. The van der Waals surface area contributed by atoms with Gasteiger partial charge in [-0.1, -0.05) is 23.8 Å². The maximum atomic E-state index is 11.8. The summed E-state index contributed by atoms with van der Waals surface area (Å²) in [5.41, 5.74) is 3.84. The van der Waals surface area contributed by atoms with Crippen LogP contribution >= 0.6 is 12.4 Å². The number of nitrogens with one attached hydrogen (secondary N) is 2. The van der Waals surface area contributed by atoms with Gasteiger partial charge in [-0.15, -0.1) is 12.4 Å². The van der Waals surface area contributed by atoms with Gasteiger partial charge in [0, 0.05) is 19.0 Å². The highest BCUT2D eigenvalue weighted by Gasteiger charge is 2.16. The molecule has 2 N–H and O–H groups in total. The number of carbonyl (C=O) groups excluding carboxylic acids is 1. The third-order valence-electron chi connectivity index (χ3n) is 3.54. The third-order valence-corrected chi connectivity index (χ3v) is 3.54. The number of amides is 1. The van der Waals surface area contributed by atoms with E-state index >= 15 is 0 Å². The molecule has 19 heavy (non-hydrogen) atoms. The average Bonchev–Trinajstić information content (AvgIpc) is 2.80. The Morgan fingerprint density at radius 3 is 2.84 bits per heavy atom. The fourth-order valence-electron chi connectivity index (χ4n) is 2.45. The van der Waals surface area contributed by atoms with E-state index in [-0.39, 0.29) is 18.3 Å². The molecule has 1 aliphatic heterocycles. The molecule has 1 atom stereocenters. The molecule has 3 nitrogen and oxygen atoms in total. The van der Waals surface area contributed by atoms with Gasteiger partial charge in [-0.25, -0.2) is 0 Å². The lowest BCUT2D eigenvalue weighted by molar-refractivity contribution is -0.121. The summed E-state index contributed by atoms with van der Waals surface area (Å²) in [5, 5.41) is 6.33. The van der Waals surface area contributed by atoms with Gasteiger partial charge in [0.05, 0.1) is 0 Å². The van der Waals surface area contributed by atoms with Crippen LogP contribution in [0.2, 0.25) is 0 Å². The smallest absolute Gasteiger partial charge is 0.220 e. The van der Waals surface area contributed by atoms with Gasteiger partial charge >= 0.3 is 0 Å². The van der Waals surface area contributed by atoms with Crippen LogP contribution in [0.15, 0.2) is 18.2 Å².